The van der Waals surface area contributed by atoms with E-state index in [4.69, 9.17) is 0 Å². The van der Waals surface area contributed by atoms with E-state index in [0.717, 1.165) is 37.5 Å². The number of rotatable bonds is 5. The molecular weight excluding hydrogens is 438 g/mol. The Kier molecular flexibility index (Phi) is 6.71. The maximum absolute atomic E-state index is 13.4. The average molecular weight is 465 g/mol. The Bertz CT molecular complexity index is 1060. The number of pyridine rings is 1. The van der Waals surface area contributed by atoms with Crippen molar-refractivity contribution in [3.8, 4) is 0 Å². The van der Waals surface area contributed by atoms with Gasteiger partial charge >= 0.3 is 0 Å². The van der Waals surface area contributed by atoms with Gasteiger partial charge in [0, 0.05) is 50.0 Å². The van der Waals surface area contributed by atoms with Crippen LogP contribution in [0.1, 0.15) is 32.1 Å². The van der Waals surface area contributed by atoms with Crippen molar-refractivity contribution in [3.63, 3.8) is 0 Å². The lowest BCUT2D eigenvalue weighted by atomic mass is 9.95. The number of nitrogens with one attached hydrogen (secondary N) is 1. The molecule has 1 aromatic carbocycles. The molecule has 0 radical (unpaired) electrons. The molecule has 7 nitrogen and oxygen atoms in total. The molecule has 2 aliphatic heterocycles. The topological polar surface area (TPSA) is 82.6 Å². The highest BCUT2D eigenvalue weighted by molar-refractivity contribution is 7.89. The van der Waals surface area contributed by atoms with Gasteiger partial charge in [-0.3, -0.25) is 4.79 Å². The number of anilines is 2. The van der Waals surface area contributed by atoms with E-state index in [1.54, 1.807) is 18.3 Å². The van der Waals surface area contributed by atoms with Gasteiger partial charge in [0.25, 0.3) is 0 Å². The number of hydrogen-bond acceptors (Lipinski definition) is 5. The molecule has 0 saturated carbocycles. The molecule has 32 heavy (non-hydrogen) atoms. The van der Waals surface area contributed by atoms with Crippen LogP contribution in [0, 0.1) is 17.6 Å². The van der Waals surface area contributed by atoms with Gasteiger partial charge in [-0.2, -0.15) is 4.31 Å². The molecule has 2 aromatic rings. The van der Waals surface area contributed by atoms with Crippen LogP contribution in [0.4, 0.5) is 20.3 Å². The fraction of sp³-hybridized carbons (Fsp3) is 0.455. The Labute approximate surface area is 186 Å². The molecule has 1 N–H and O–H groups in total. The first-order valence-corrected chi connectivity index (χ1v) is 12.3. The molecule has 172 valence electrons. The highest BCUT2D eigenvalue weighted by Gasteiger charge is 2.32. The minimum Gasteiger partial charge on any atom is -0.355 e. The van der Waals surface area contributed by atoms with Crippen molar-refractivity contribution in [2.24, 2.45) is 5.92 Å². The summed E-state index contributed by atoms with van der Waals surface area (Å²) in [6, 6.07) is 6.10. The lowest BCUT2D eigenvalue weighted by Gasteiger charge is -2.34. The zero-order valence-corrected chi connectivity index (χ0v) is 18.5. The Morgan fingerprint density at radius 3 is 2.31 bits per heavy atom. The summed E-state index contributed by atoms with van der Waals surface area (Å²) in [5, 5.41) is 2.57. The van der Waals surface area contributed by atoms with E-state index in [1.165, 1.54) is 4.31 Å². The number of halogens is 2. The van der Waals surface area contributed by atoms with E-state index >= 15 is 0 Å². The molecule has 0 spiro atoms. The molecule has 0 bridgehead atoms. The molecule has 2 fully saturated rings. The van der Waals surface area contributed by atoms with E-state index in [-0.39, 0.29) is 22.4 Å². The van der Waals surface area contributed by atoms with Crippen molar-refractivity contribution in [2.75, 3.05) is 36.4 Å². The Hall–Kier alpha value is -2.59. The van der Waals surface area contributed by atoms with Gasteiger partial charge in [-0.25, -0.2) is 22.2 Å². The van der Waals surface area contributed by atoms with Crippen molar-refractivity contribution >= 4 is 27.4 Å². The van der Waals surface area contributed by atoms with Crippen molar-refractivity contribution in [1.29, 1.82) is 0 Å². The second-order valence-electron chi connectivity index (χ2n) is 8.20. The van der Waals surface area contributed by atoms with Gasteiger partial charge in [-0.05, 0) is 49.9 Å². The van der Waals surface area contributed by atoms with Crippen LogP contribution >= 0.6 is 0 Å². The Morgan fingerprint density at radius 2 is 1.66 bits per heavy atom. The standard InChI is InChI=1S/C22H26F2N4O3S/c23-17-13-18(24)15-19(14-17)26-22(29)16-6-11-27(12-7-16)21-20(5-4-8-25-21)32(30,31)28-9-2-1-3-10-28/h4-5,8,13-16H,1-3,6-7,9-12H2,(H,26,29). The third-order valence-corrected chi connectivity index (χ3v) is 7.90. The zero-order valence-electron chi connectivity index (χ0n) is 17.6. The predicted octanol–water partition coefficient (Wildman–Crippen LogP) is 3.39. The second kappa shape index (κ2) is 9.50. The van der Waals surface area contributed by atoms with Crippen molar-refractivity contribution < 1.29 is 22.0 Å². The number of benzene rings is 1. The van der Waals surface area contributed by atoms with Crippen LogP contribution in [-0.4, -0.2) is 49.8 Å². The van der Waals surface area contributed by atoms with E-state index in [9.17, 15) is 22.0 Å². The average Bonchev–Trinajstić information content (AvgIpc) is 2.79. The molecule has 4 rings (SSSR count). The van der Waals surface area contributed by atoms with Gasteiger partial charge in [0.1, 0.15) is 22.3 Å². The maximum atomic E-state index is 13.4. The van der Waals surface area contributed by atoms with E-state index in [2.05, 4.69) is 10.3 Å². The third-order valence-electron chi connectivity index (χ3n) is 5.98. The molecule has 10 heteroatoms. The van der Waals surface area contributed by atoms with Crippen LogP contribution in [0.3, 0.4) is 0 Å². The molecule has 2 saturated heterocycles. The maximum Gasteiger partial charge on any atom is 0.246 e. The van der Waals surface area contributed by atoms with Gasteiger partial charge in [0.2, 0.25) is 15.9 Å². The van der Waals surface area contributed by atoms with Crippen LogP contribution in [0.5, 0.6) is 0 Å². The van der Waals surface area contributed by atoms with Gasteiger partial charge in [-0.1, -0.05) is 6.42 Å². The van der Waals surface area contributed by atoms with Crippen molar-refractivity contribution in [1.82, 2.24) is 9.29 Å². The number of sulfonamides is 1. The third kappa shape index (κ3) is 4.91. The van der Waals surface area contributed by atoms with Crippen LogP contribution in [0.2, 0.25) is 0 Å². The smallest absolute Gasteiger partial charge is 0.246 e. The summed E-state index contributed by atoms with van der Waals surface area (Å²) in [4.78, 5) is 19.0. The molecule has 2 aliphatic rings. The first kappa shape index (κ1) is 22.6. The first-order valence-electron chi connectivity index (χ1n) is 10.8. The molecule has 0 unspecified atom stereocenters. The number of carbonyl (C=O) groups is 1. The predicted molar refractivity (Wildman–Crippen MR) is 117 cm³/mol. The van der Waals surface area contributed by atoms with Gasteiger partial charge in [0.15, 0.2) is 0 Å². The minimum atomic E-state index is -3.64. The second-order valence-corrected chi connectivity index (χ2v) is 10.1. The largest absolute Gasteiger partial charge is 0.355 e. The molecule has 1 amide bonds. The van der Waals surface area contributed by atoms with E-state index in [1.807, 2.05) is 4.90 Å². The van der Waals surface area contributed by atoms with Gasteiger partial charge in [-0.15, -0.1) is 0 Å². The normalized spacial score (nSPS) is 18.5. The summed E-state index contributed by atoms with van der Waals surface area (Å²) >= 11 is 0. The number of aromatic nitrogens is 1. The summed E-state index contributed by atoms with van der Waals surface area (Å²) in [7, 11) is -3.64. The number of hydrogen-bond donors (Lipinski definition) is 1. The molecule has 0 atom stereocenters. The summed E-state index contributed by atoms with van der Waals surface area (Å²) < 4.78 is 54.7. The van der Waals surface area contributed by atoms with Gasteiger partial charge in [0.05, 0.1) is 0 Å². The fourth-order valence-corrected chi connectivity index (χ4v) is 5.97. The number of amides is 1. The summed E-state index contributed by atoms with van der Waals surface area (Å²) in [6.07, 6.45) is 5.26. The SMILES string of the molecule is O=C(Nc1cc(F)cc(F)c1)C1CCN(c2ncccc2S(=O)(=O)N2CCCCC2)CC1. The van der Waals surface area contributed by atoms with Crippen LogP contribution in [-0.2, 0) is 14.8 Å². The molecule has 3 heterocycles. The van der Waals surface area contributed by atoms with Crippen LogP contribution in [0.15, 0.2) is 41.4 Å². The summed E-state index contributed by atoms with van der Waals surface area (Å²) in [6.45, 7) is 1.93. The molecule has 1 aromatic heterocycles. The molecular formula is C22H26F2N4O3S. The monoisotopic (exact) mass is 464 g/mol. The Balaban J connectivity index is 1.44. The first-order chi connectivity index (χ1) is 15.3. The lowest BCUT2D eigenvalue weighted by molar-refractivity contribution is -0.120. The number of carbonyl (C=O) groups excluding carboxylic acids is 1. The number of nitrogens with zero attached hydrogens (tertiary/aromatic N) is 3. The zero-order chi connectivity index (χ0) is 22.7. The minimum absolute atomic E-state index is 0.0783. The molecule has 0 aliphatic carbocycles. The van der Waals surface area contributed by atoms with Crippen molar-refractivity contribution in [2.45, 2.75) is 37.0 Å². The van der Waals surface area contributed by atoms with Crippen LogP contribution in [0.25, 0.3) is 0 Å². The highest BCUT2D eigenvalue weighted by Crippen LogP contribution is 2.31. The lowest BCUT2D eigenvalue weighted by Crippen LogP contribution is -2.40. The fourth-order valence-electron chi connectivity index (χ4n) is 4.29. The van der Waals surface area contributed by atoms with E-state index < -0.39 is 21.7 Å². The summed E-state index contributed by atoms with van der Waals surface area (Å²) in [5.41, 5.74) is 0.0783. The van der Waals surface area contributed by atoms with E-state index in [0.29, 0.717) is 44.8 Å². The van der Waals surface area contributed by atoms with Crippen LogP contribution < -0.4 is 10.2 Å². The van der Waals surface area contributed by atoms with Gasteiger partial charge < -0.3 is 10.2 Å². The Morgan fingerprint density at radius 1 is 1.00 bits per heavy atom. The number of piperidine rings is 2. The highest BCUT2D eigenvalue weighted by atomic mass is 32.2. The summed E-state index contributed by atoms with van der Waals surface area (Å²) in [5.74, 6) is -1.76. The quantitative estimate of drug-likeness (QED) is 0.734. The van der Waals surface area contributed by atoms with Crippen molar-refractivity contribution in [3.05, 3.63) is 48.2 Å².